The predicted octanol–water partition coefficient (Wildman–Crippen LogP) is 3.52. The molecule has 0 fully saturated rings. The summed E-state index contributed by atoms with van der Waals surface area (Å²) in [6.45, 7) is 0. The van der Waals surface area contributed by atoms with Crippen LogP contribution in [-0.2, 0) is 0 Å². The second-order valence-corrected chi connectivity index (χ2v) is 6.00. The smallest absolute Gasteiger partial charge is 0.192 e. The summed E-state index contributed by atoms with van der Waals surface area (Å²) in [5, 5.41) is 2.08. The van der Waals surface area contributed by atoms with Gasteiger partial charge in [-0.05, 0) is 11.4 Å². The molecule has 6 nitrogen and oxygen atoms in total. The van der Waals surface area contributed by atoms with Gasteiger partial charge in [0.05, 0.1) is 16.6 Å². The number of nitrogens with one attached hydrogen (secondary N) is 1. The van der Waals surface area contributed by atoms with Gasteiger partial charge in [0.15, 0.2) is 23.1 Å². The normalized spacial score (nSPS) is 11.2. The lowest BCUT2D eigenvalue weighted by Crippen LogP contribution is -2.02. The lowest BCUT2D eigenvalue weighted by atomic mass is 10.2. The highest BCUT2D eigenvalue weighted by atomic mass is 35.5. The predicted molar refractivity (Wildman–Crippen MR) is 87.6 cm³/mol. The van der Waals surface area contributed by atoms with Crippen molar-refractivity contribution in [1.82, 2.24) is 24.9 Å². The van der Waals surface area contributed by atoms with E-state index in [-0.39, 0.29) is 22.5 Å². The molecule has 4 rings (SSSR count). The van der Waals surface area contributed by atoms with Crippen LogP contribution in [0, 0.1) is 5.82 Å². The summed E-state index contributed by atoms with van der Waals surface area (Å²) in [5.41, 5.74) is 7.46. The van der Waals surface area contributed by atoms with Crippen LogP contribution in [0.4, 0.5) is 10.2 Å². The van der Waals surface area contributed by atoms with Crippen molar-refractivity contribution in [2.24, 2.45) is 0 Å². The minimum Gasteiger partial charge on any atom is -0.381 e. The van der Waals surface area contributed by atoms with E-state index in [2.05, 4.69) is 24.9 Å². The van der Waals surface area contributed by atoms with Gasteiger partial charge in [-0.2, -0.15) is 0 Å². The second-order valence-electron chi connectivity index (χ2n) is 4.66. The molecule has 9 heteroatoms. The highest BCUT2D eigenvalue weighted by molar-refractivity contribution is 7.13. The fraction of sp³-hybridized carbons (Fsp3) is 0. The first-order valence-corrected chi connectivity index (χ1v) is 7.76. The Morgan fingerprint density at radius 3 is 2.91 bits per heavy atom. The number of nitrogens with two attached hydrogens (primary N) is 1. The van der Waals surface area contributed by atoms with E-state index in [1.54, 1.807) is 12.3 Å². The standard InChI is InChI=1S/C14H8ClFN6S/c15-8-5-19-14-10(20-8)6(4-18-14)13-21-11(7-2-1-3-23-7)9(16)12(17)22-13/h1-5H,(H,18,19)(H2,17,21,22). The number of rotatable bonds is 2. The van der Waals surface area contributed by atoms with Crippen molar-refractivity contribution in [2.45, 2.75) is 0 Å². The molecule has 0 aromatic carbocycles. The van der Waals surface area contributed by atoms with Gasteiger partial charge in [-0.25, -0.2) is 24.3 Å². The SMILES string of the molecule is Nc1nc(-c2c[nH]c3ncc(Cl)nc23)nc(-c2cccs2)c1F. The Labute approximate surface area is 138 Å². The van der Waals surface area contributed by atoms with E-state index in [0.29, 0.717) is 21.6 Å². The van der Waals surface area contributed by atoms with Crippen molar-refractivity contribution < 1.29 is 4.39 Å². The Morgan fingerprint density at radius 1 is 1.26 bits per heavy atom. The van der Waals surface area contributed by atoms with Gasteiger partial charge in [-0.3, -0.25) is 0 Å². The second kappa shape index (κ2) is 5.25. The Kier molecular flexibility index (Phi) is 3.21. The number of nitrogens with zero attached hydrogens (tertiary/aromatic N) is 4. The topological polar surface area (TPSA) is 93.4 Å². The Balaban J connectivity index is 1.97. The molecule has 4 aromatic heterocycles. The molecule has 0 saturated heterocycles. The van der Waals surface area contributed by atoms with Gasteiger partial charge in [0.25, 0.3) is 0 Å². The van der Waals surface area contributed by atoms with Crippen LogP contribution in [0.5, 0.6) is 0 Å². The van der Waals surface area contributed by atoms with Crippen LogP contribution in [-0.4, -0.2) is 24.9 Å². The summed E-state index contributed by atoms with van der Waals surface area (Å²) in [6, 6.07) is 3.58. The molecule has 0 spiro atoms. The van der Waals surface area contributed by atoms with E-state index in [0.717, 1.165) is 0 Å². The molecular formula is C14H8ClFN6S. The van der Waals surface area contributed by atoms with E-state index in [1.165, 1.54) is 17.5 Å². The Hall–Kier alpha value is -2.58. The van der Waals surface area contributed by atoms with Crippen molar-refractivity contribution in [2.75, 3.05) is 5.73 Å². The van der Waals surface area contributed by atoms with E-state index in [4.69, 9.17) is 17.3 Å². The number of aromatic nitrogens is 5. The van der Waals surface area contributed by atoms with Crippen LogP contribution in [0.25, 0.3) is 33.1 Å². The number of aromatic amines is 1. The molecule has 0 saturated carbocycles. The quantitative estimate of drug-likeness (QED) is 0.579. The first-order chi connectivity index (χ1) is 11.1. The first kappa shape index (κ1) is 14.0. The monoisotopic (exact) mass is 346 g/mol. The summed E-state index contributed by atoms with van der Waals surface area (Å²) in [6.07, 6.45) is 3.08. The molecule has 114 valence electrons. The van der Waals surface area contributed by atoms with E-state index >= 15 is 0 Å². The van der Waals surface area contributed by atoms with Crippen LogP contribution in [0.1, 0.15) is 0 Å². The molecule has 0 atom stereocenters. The van der Waals surface area contributed by atoms with Gasteiger partial charge in [-0.15, -0.1) is 11.3 Å². The zero-order valence-corrected chi connectivity index (χ0v) is 13.0. The number of H-pyrrole nitrogens is 1. The van der Waals surface area contributed by atoms with Gasteiger partial charge in [0.2, 0.25) is 0 Å². The molecule has 0 unspecified atom stereocenters. The lowest BCUT2D eigenvalue weighted by molar-refractivity contribution is 0.625. The van der Waals surface area contributed by atoms with E-state index in [1.807, 2.05) is 11.4 Å². The molecule has 3 N–H and O–H groups in total. The summed E-state index contributed by atoms with van der Waals surface area (Å²) in [7, 11) is 0. The van der Waals surface area contributed by atoms with Crippen molar-refractivity contribution in [1.29, 1.82) is 0 Å². The molecule has 23 heavy (non-hydrogen) atoms. The zero-order valence-electron chi connectivity index (χ0n) is 11.4. The molecule has 0 aliphatic rings. The van der Waals surface area contributed by atoms with E-state index < -0.39 is 5.82 Å². The van der Waals surface area contributed by atoms with Gasteiger partial charge >= 0.3 is 0 Å². The van der Waals surface area contributed by atoms with Gasteiger partial charge in [0.1, 0.15) is 16.4 Å². The van der Waals surface area contributed by atoms with Gasteiger partial charge in [0, 0.05) is 6.20 Å². The summed E-state index contributed by atoms with van der Waals surface area (Å²) < 4.78 is 14.3. The lowest BCUT2D eigenvalue weighted by Gasteiger charge is -2.05. The van der Waals surface area contributed by atoms with Gasteiger partial charge < -0.3 is 10.7 Å². The summed E-state index contributed by atoms with van der Waals surface area (Å²) >= 11 is 7.26. The fourth-order valence-corrected chi connectivity index (χ4v) is 3.04. The number of fused-ring (bicyclic) bond motifs is 1. The number of thiophene rings is 1. The number of anilines is 1. The van der Waals surface area contributed by atoms with Crippen molar-refractivity contribution >= 4 is 39.9 Å². The number of halogens is 2. The van der Waals surface area contributed by atoms with Crippen LogP contribution >= 0.6 is 22.9 Å². The molecule has 0 amide bonds. The molecule has 0 bridgehead atoms. The molecule has 4 aromatic rings. The third kappa shape index (κ3) is 2.32. The van der Waals surface area contributed by atoms with Crippen molar-refractivity contribution in [3.63, 3.8) is 0 Å². The van der Waals surface area contributed by atoms with Gasteiger partial charge in [-0.1, -0.05) is 17.7 Å². The minimum atomic E-state index is -0.639. The van der Waals surface area contributed by atoms with E-state index in [9.17, 15) is 4.39 Å². The van der Waals surface area contributed by atoms with Crippen LogP contribution in [0.2, 0.25) is 5.15 Å². The Bertz CT molecular complexity index is 1010. The molecular weight excluding hydrogens is 339 g/mol. The molecule has 4 heterocycles. The number of hydrogen-bond acceptors (Lipinski definition) is 6. The zero-order chi connectivity index (χ0) is 16.0. The highest BCUT2D eigenvalue weighted by Crippen LogP contribution is 2.31. The molecule has 0 aliphatic carbocycles. The van der Waals surface area contributed by atoms with Crippen molar-refractivity contribution in [3.8, 4) is 22.0 Å². The highest BCUT2D eigenvalue weighted by Gasteiger charge is 2.18. The first-order valence-electron chi connectivity index (χ1n) is 6.50. The molecule has 0 aliphatic heterocycles. The minimum absolute atomic E-state index is 0.159. The third-order valence-corrected chi connectivity index (χ3v) is 4.28. The fourth-order valence-electron chi connectivity index (χ4n) is 2.20. The summed E-state index contributed by atoms with van der Waals surface area (Å²) in [5.74, 6) is -0.599. The van der Waals surface area contributed by atoms with Crippen LogP contribution in [0.15, 0.2) is 29.9 Å². The average molecular weight is 347 g/mol. The van der Waals surface area contributed by atoms with Crippen molar-refractivity contribution in [3.05, 3.63) is 40.9 Å². The van der Waals surface area contributed by atoms with Crippen LogP contribution < -0.4 is 5.73 Å². The maximum atomic E-state index is 14.3. The van der Waals surface area contributed by atoms with Crippen LogP contribution in [0.3, 0.4) is 0 Å². The maximum absolute atomic E-state index is 14.3. The molecule has 0 radical (unpaired) electrons. The maximum Gasteiger partial charge on any atom is 0.192 e. The number of nitrogen functional groups attached to an aromatic ring is 1. The largest absolute Gasteiger partial charge is 0.381 e. The average Bonchev–Trinajstić information content (AvgIpc) is 3.19. The third-order valence-electron chi connectivity index (χ3n) is 3.22. The Morgan fingerprint density at radius 2 is 2.13 bits per heavy atom. The number of hydrogen-bond donors (Lipinski definition) is 2. The summed E-state index contributed by atoms with van der Waals surface area (Å²) in [4.78, 5) is 20.3.